The molecule has 1 saturated carbocycles. The van der Waals surface area contributed by atoms with Crippen molar-refractivity contribution in [3.63, 3.8) is 0 Å². The SMILES string of the molecule is CC1CC(NC(CNC(=O)OC(C)(C)C)C2CCCCC2)CS1. The Labute approximate surface area is 145 Å². The second kappa shape index (κ2) is 8.61. The quantitative estimate of drug-likeness (QED) is 0.794. The molecular formula is C18H34N2O2S. The maximum absolute atomic E-state index is 12.0. The highest BCUT2D eigenvalue weighted by atomic mass is 32.2. The Hall–Kier alpha value is -0.420. The van der Waals surface area contributed by atoms with Crippen LogP contribution in [0.3, 0.4) is 0 Å². The van der Waals surface area contributed by atoms with Crippen LogP contribution in [-0.4, -0.2) is 41.3 Å². The van der Waals surface area contributed by atoms with Crippen molar-refractivity contribution in [3.8, 4) is 0 Å². The fourth-order valence-corrected chi connectivity index (χ4v) is 4.80. The molecule has 5 heteroatoms. The second-order valence-electron chi connectivity index (χ2n) is 8.13. The van der Waals surface area contributed by atoms with Gasteiger partial charge in [0, 0.05) is 29.6 Å². The van der Waals surface area contributed by atoms with Gasteiger partial charge in [-0.2, -0.15) is 11.8 Å². The van der Waals surface area contributed by atoms with Crippen molar-refractivity contribution in [2.45, 2.75) is 89.2 Å². The van der Waals surface area contributed by atoms with Crippen molar-refractivity contribution in [2.75, 3.05) is 12.3 Å². The van der Waals surface area contributed by atoms with Crippen LogP contribution >= 0.6 is 11.8 Å². The number of carbonyl (C=O) groups is 1. The van der Waals surface area contributed by atoms with Crippen molar-refractivity contribution in [1.29, 1.82) is 0 Å². The van der Waals surface area contributed by atoms with E-state index in [2.05, 4.69) is 29.3 Å². The molecule has 1 aliphatic heterocycles. The molecule has 0 aromatic rings. The Morgan fingerprint density at radius 1 is 1.26 bits per heavy atom. The second-order valence-corrected chi connectivity index (χ2v) is 9.60. The molecule has 0 spiro atoms. The molecule has 0 aromatic carbocycles. The van der Waals surface area contributed by atoms with E-state index in [9.17, 15) is 4.79 Å². The van der Waals surface area contributed by atoms with Crippen LogP contribution in [0, 0.1) is 5.92 Å². The molecule has 3 unspecified atom stereocenters. The Balaban J connectivity index is 1.86. The molecule has 2 N–H and O–H groups in total. The van der Waals surface area contributed by atoms with Crippen LogP contribution < -0.4 is 10.6 Å². The molecule has 1 saturated heterocycles. The molecule has 2 rings (SSSR count). The lowest BCUT2D eigenvalue weighted by molar-refractivity contribution is 0.0514. The molecule has 1 amide bonds. The van der Waals surface area contributed by atoms with Crippen molar-refractivity contribution in [1.82, 2.24) is 10.6 Å². The molecule has 0 radical (unpaired) electrons. The minimum Gasteiger partial charge on any atom is -0.444 e. The van der Waals surface area contributed by atoms with Crippen LogP contribution in [0.4, 0.5) is 4.79 Å². The number of rotatable bonds is 5. The van der Waals surface area contributed by atoms with E-state index in [0.29, 0.717) is 24.5 Å². The molecule has 4 nitrogen and oxygen atoms in total. The van der Waals surface area contributed by atoms with Crippen LogP contribution in [0.15, 0.2) is 0 Å². The summed E-state index contributed by atoms with van der Waals surface area (Å²) in [6, 6.07) is 0.959. The highest BCUT2D eigenvalue weighted by Gasteiger charge is 2.29. The van der Waals surface area contributed by atoms with Gasteiger partial charge >= 0.3 is 6.09 Å². The average molecular weight is 343 g/mol. The Morgan fingerprint density at radius 3 is 2.52 bits per heavy atom. The van der Waals surface area contributed by atoms with E-state index in [1.807, 2.05) is 20.8 Å². The number of alkyl carbamates (subject to hydrolysis) is 1. The number of hydrogen-bond acceptors (Lipinski definition) is 4. The largest absolute Gasteiger partial charge is 0.444 e. The minimum atomic E-state index is -0.435. The lowest BCUT2D eigenvalue weighted by Gasteiger charge is -2.33. The first kappa shape index (κ1) is 18.9. The van der Waals surface area contributed by atoms with Gasteiger partial charge in [-0.3, -0.25) is 0 Å². The van der Waals surface area contributed by atoms with Gasteiger partial charge in [-0.05, 0) is 46.0 Å². The smallest absolute Gasteiger partial charge is 0.407 e. The van der Waals surface area contributed by atoms with Crippen LogP contribution in [0.2, 0.25) is 0 Å². The van der Waals surface area contributed by atoms with E-state index >= 15 is 0 Å². The Kier molecular flexibility index (Phi) is 7.08. The molecule has 3 atom stereocenters. The van der Waals surface area contributed by atoms with Crippen molar-refractivity contribution < 1.29 is 9.53 Å². The van der Waals surface area contributed by atoms with E-state index < -0.39 is 5.60 Å². The minimum absolute atomic E-state index is 0.297. The summed E-state index contributed by atoms with van der Waals surface area (Å²) in [7, 11) is 0. The number of ether oxygens (including phenoxy) is 1. The zero-order valence-corrected chi connectivity index (χ0v) is 16.0. The molecule has 1 aliphatic carbocycles. The summed E-state index contributed by atoms with van der Waals surface area (Å²) in [5.74, 6) is 1.87. The summed E-state index contributed by atoms with van der Waals surface area (Å²) >= 11 is 2.05. The Bertz CT molecular complexity index is 378. The number of carbonyl (C=O) groups excluding carboxylic acids is 1. The van der Waals surface area contributed by atoms with Crippen molar-refractivity contribution >= 4 is 17.9 Å². The summed E-state index contributed by atoms with van der Waals surface area (Å²) < 4.78 is 5.38. The van der Waals surface area contributed by atoms with Crippen LogP contribution in [0.1, 0.15) is 66.2 Å². The molecule has 2 fully saturated rings. The van der Waals surface area contributed by atoms with Crippen LogP contribution in [-0.2, 0) is 4.74 Å². The third kappa shape index (κ3) is 6.92. The molecule has 134 valence electrons. The first-order valence-electron chi connectivity index (χ1n) is 9.18. The van der Waals surface area contributed by atoms with E-state index in [-0.39, 0.29) is 6.09 Å². The summed E-state index contributed by atoms with van der Waals surface area (Å²) in [5, 5.41) is 7.58. The fraction of sp³-hybridized carbons (Fsp3) is 0.944. The fourth-order valence-electron chi connectivity index (χ4n) is 3.64. The van der Waals surface area contributed by atoms with E-state index in [4.69, 9.17) is 4.74 Å². The van der Waals surface area contributed by atoms with E-state index in [0.717, 1.165) is 5.25 Å². The number of amides is 1. The summed E-state index contributed by atoms with van der Waals surface area (Å²) in [5.41, 5.74) is -0.435. The van der Waals surface area contributed by atoms with Gasteiger partial charge in [-0.15, -0.1) is 0 Å². The Morgan fingerprint density at radius 2 is 1.96 bits per heavy atom. The summed E-state index contributed by atoms with van der Waals surface area (Å²) in [4.78, 5) is 12.0. The highest BCUT2D eigenvalue weighted by Crippen LogP contribution is 2.30. The molecule has 2 aliphatic rings. The number of nitrogens with one attached hydrogen (secondary N) is 2. The monoisotopic (exact) mass is 342 g/mol. The predicted molar refractivity (Wildman–Crippen MR) is 98.1 cm³/mol. The molecule has 0 bridgehead atoms. The first-order valence-corrected chi connectivity index (χ1v) is 10.2. The standard InChI is InChI=1S/C18H34N2O2S/c1-13-10-15(12-23-13)20-16(14-8-6-5-7-9-14)11-19-17(21)22-18(2,3)4/h13-16,20H,5-12H2,1-4H3,(H,19,21). The molecular weight excluding hydrogens is 308 g/mol. The van der Waals surface area contributed by atoms with Crippen molar-refractivity contribution in [2.24, 2.45) is 5.92 Å². The topological polar surface area (TPSA) is 50.4 Å². The number of hydrogen-bond donors (Lipinski definition) is 2. The third-order valence-electron chi connectivity index (χ3n) is 4.73. The van der Waals surface area contributed by atoms with Crippen LogP contribution in [0.5, 0.6) is 0 Å². The average Bonchev–Trinajstić information content (AvgIpc) is 2.88. The molecule has 23 heavy (non-hydrogen) atoms. The van der Waals surface area contributed by atoms with Gasteiger partial charge in [-0.1, -0.05) is 26.2 Å². The van der Waals surface area contributed by atoms with Crippen molar-refractivity contribution in [3.05, 3.63) is 0 Å². The highest BCUT2D eigenvalue weighted by molar-refractivity contribution is 8.00. The van der Waals surface area contributed by atoms with Crippen LogP contribution in [0.25, 0.3) is 0 Å². The normalized spacial score (nSPS) is 27.7. The van der Waals surface area contributed by atoms with Gasteiger partial charge < -0.3 is 15.4 Å². The van der Waals surface area contributed by atoms with Gasteiger partial charge in [-0.25, -0.2) is 4.79 Å². The molecule has 0 aromatic heterocycles. The van der Waals surface area contributed by atoms with Gasteiger partial charge in [0.2, 0.25) is 0 Å². The van der Waals surface area contributed by atoms with Gasteiger partial charge in [0.25, 0.3) is 0 Å². The van der Waals surface area contributed by atoms with E-state index in [1.165, 1.54) is 44.3 Å². The maximum atomic E-state index is 12.0. The van der Waals surface area contributed by atoms with Gasteiger partial charge in [0.15, 0.2) is 0 Å². The van der Waals surface area contributed by atoms with Gasteiger partial charge in [0.1, 0.15) is 5.60 Å². The summed E-state index contributed by atoms with van der Waals surface area (Å²) in [6.07, 6.45) is 7.51. The van der Waals surface area contributed by atoms with E-state index in [1.54, 1.807) is 0 Å². The zero-order valence-electron chi connectivity index (χ0n) is 15.2. The number of thioether (sulfide) groups is 1. The third-order valence-corrected chi connectivity index (χ3v) is 6.09. The first-order chi connectivity index (χ1) is 10.8. The zero-order chi connectivity index (χ0) is 16.9. The van der Waals surface area contributed by atoms with Gasteiger partial charge in [0.05, 0.1) is 0 Å². The lowest BCUT2D eigenvalue weighted by atomic mass is 9.83. The summed E-state index contributed by atoms with van der Waals surface area (Å²) in [6.45, 7) is 8.69. The maximum Gasteiger partial charge on any atom is 0.407 e. The predicted octanol–water partition coefficient (Wildman–Crippen LogP) is 3.94. The lowest BCUT2D eigenvalue weighted by Crippen LogP contribution is -2.50. The molecule has 1 heterocycles.